The van der Waals surface area contributed by atoms with Crippen molar-refractivity contribution >= 4 is 34.6 Å². The van der Waals surface area contributed by atoms with E-state index in [0.717, 1.165) is 42.7 Å². The lowest BCUT2D eigenvalue weighted by molar-refractivity contribution is -0.142. The quantitative estimate of drug-likeness (QED) is 0.851. The number of cyclic esters (lactones) is 1. The minimum Gasteiger partial charge on any atom is -0.461 e. The molecule has 7 heteroatoms. The fraction of sp³-hybridized carbons (Fsp3) is 0.500. The van der Waals surface area contributed by atoms with E-state index in [0.29, 0.717) is 30.4 Å². The van der Waals surface area contributed by atoms with Crippen molar-refractivity contribution < 1.29 is 18.7 Å². The zero-order valence-electron chi connectivity index (χ0n) is 14.9. The molecule has 2 amide bonds. The predicted molar refractivity (Wildman–Crippen MR) is 99.7 cm³/mol. The maximum Gasteiger partial charge on any atom is 0.407 e. The Morgan fingerprint density at radius 1 is 1.22 bits per heavy atom. The van der Waals surface area contributed by atoms with Crippen LogP contribution in [0.25, 0.3) is 11.0 Å². The average Bonchev–Trinajstić information content (AvgIpc) is 3.23. The summed E-state index contributed by atoms with van der Waals surface area (Å²) in [6.45, 7) is 1.87. The Morgan fingerprint density at radius 2 is 2.00 bits per heavy atom. The van der Waals surface area contributed by atoms with E-state index in [9.17, 15) is 9.59 Å². The van der Waals surface area contributed by atoms with Crippen LogP contribution in [-0.4, -0.2) is 42.1 Å². The van der Waals surface area contributed by atoms with Gasteiger partial charge in [0.25, 0.3) is 0 Å². The number of ether oxygens (including phenoxy) is 1. The zero-order chi connectivity index (χ0) is 18.6. The van der Waals surface area contributed by atoms with Crippen LogP contribution in [0.4, 0.5) is 4.79 Å². The van der Waals surface area contributed by atoms with Crippen molar-refractivity contribution in [3.63, 3.8) is 0 Å². The summed E-state index contributed by atoms with van der Waals surface area (Å²) < 4.78 is 11.0. The molecule has 0 bridgehead atoms. The standard InChI is InChI=1S/C20H21ClN2O4/c21-15-1-2-16-13(7-15)8-17(27-16)12-3-5-23(6-4-12)18(24)14-9-20(10-14)11-26-19(25)22-20/h1-2,7-8,12,14H,3-6,9-11H2,(H,22,25)/t14-,20+. The summed E-state index contributed by atoms with van der Waals surface area (Å²) in [5, 5.41) is 4.58. The van der Waals surface area contributed by atoms with Crippen LogP contribution in [0, 0.1) is 5.92 Å². The largest absolute Gasteiger partial charge is 0.461 e. The molecule has 0 radical (unpaired) electrons. The predicted octanol–water partition coefficient (Wildman–Crippen LogP) is 3.68. The molecule has 1 N–H and O–H groups in total. The molecule has 5 rings (SSSR count). The van der Waals surface area contributed by atoms with Crippen molar-refractivity contribution in [2.45, 2.75) is 37.1 Å². The first-order valence-electron chi connectivity index (χ1n) is 9.44. The van der Waals surface area contributed by atoms with E-state index in [4.69, 9.17) is 20.8 Å². The van der Waals surface area contributed by atoms with Gasteiger partial charge in [0, 0.05) is 35.3 Å². The molecule has 1 aromatic carbocycles. The Kier molecular flexibility index (Phi) is 3.86. The molecule has 27 heavy (non-hydrogen) atoms. The highest BCUT2D eigenvalue weighted by molar-refractivity contribution is 6.31. The van der Waals surface area contributed by atoms with Crippen LogP contribution >= 0.6 is 11.6 Å². The van der Waals surface area contributed by atoms with Crippen LogP contribution in [0.1, 0.15) is 37.4 Å². The number of rotatable bonds is 2. The van der Waals surface area contributed by atoms with Gasteiger partial charge < -0.3 is 19.4 Å². The molecule has 1 spiro atoms. The molecule has 0 unspecified atom stereocenters. The number of hydrogen-bond donors (Lipinski definition) is 1. The van der Waals surface area contributed by atoms with Gasteiger partial charge in [0.2, 0.25) is 5.91 Å². The fourth-order valence-corrected chi connectivity index (χ4v) is 4.83. The Balaban J connectivity index is 1.19. The molecule has 0 atom stereocenters. The Morgan fingerprint density at radius 3 is 2.70 bits per heavy atom. The van der Waals surface area contributed by atoms with Crippen molar-refractivity contribution in [2.75, 3.05) is 19.7 Å². The number of amides is 2. The molecule has 2 saturated heterocycles. The summed E-state index contributed by atoms with van der Waals surface area (Å²) in [7, 11) is 0. The Hall–Kier alpha value is -2.21. The van der Waals surface area contributed by atoms with E-state index < -0.39 is 0 Å². The second-order valence-electron chi connectivity index (χ2n) is 8.02. The number of fused-ring (bicyclic) bond motifs is 1. The molecule has 142 valence electrons. The van der Waals surface area contributed by atoms with E-state index in [1.807, 2.05) is 23.1 Å². The fourth-order valence-electron chi connectivity index (χ4n) is 4.65. The first-order valence-corrected chi connectivity index (χ1v) is 9.82. The number of hydrogen-bond acceptors (Lipinski definition) is 4. The number of nitrogens with zero attached hydrogens (tertiary/aromatic N) is 1. The maximum absolute atomic E-state index is 12.8. The van der Waals surface area contributed by atoms with Gasteiger partial charge in [-0.15, -0.1) is 0 Å². The lowest BCUT2D eigenvalue weighted by Gasteiger charge is -2.44. The third kappa shape index (κ3) is 2.96. The number of likely N-dealkylation sites (tertiary alicyclic amines) is 1. The lowest BCUT2D eigenvalue weighted by atomic mass is 9.68. The van der Waals surface area contributed by atoms with Crippen molar-refractivity contribution in [2.24, 2.45) is 5.92 Å². The number of benzene rings is 1. The van der Waals surface area contributed by atoms with Crippen LogP contribution in [0.15, 0.2) is 28.7 Å². The monoisotopic (exact) mass is 388 g/mol. The van der Waals surface area contributed by atoms with Gasteiger partial charge in [0.05, 0.1) is 5.54 Å². The van der Waals surface area contributed by atoms with E-state index >= 15 is 0 Å². The molecule has 3 heterocycles. The van der Waals surface area contributed by atoms with Gasteiger partial charge in [-0.25, -0.2) is 4.79 Å². The first kappa shape index (κ1) is 16.9. The van der Waals surface area contributed by atoms with Crippen molar-refractivity contribution in [3.8, 4) is 0 Å². The Labute approximate surface area is 161 Å². The van der Waals surface area contributed by atoms with E-state index in [1.165, 1.54) is 0 Å². The normalized spacial score (nSPS) is 28.3. The first-order chi connectivity index (χ1) is 13.0. The maximum atomic E-state index is 12.8. The second kappa shape index (κ2) is 6.16. The molecule has 2 aromatic rings. The van der Waals surface area contributed by atoms with Gasteiger partial charge in [-0.05, 0) is 49.9 Å². The molecule has 1 aliphatic carbocycles. The molecular formula is C20H21ClN2O4. The number of furan rings is 1. The molecule has 6 nitrogen and oxygen atoms in total. The molecule has 3 aliphatic rings. The van der Waals surface area contributed by atoms with Gasteiger partial charge in [-0.3, -0.25) is 4.79 Å². The third-order valence-electron chi connectivity index (χ3n) is 6.18. The van der Waals surface area contributed by atoms with Crippen molar-refractivity contribution in [1.82, 2.24) is 10.2 Å². The molecular weight excluding hydrogens is 368 g/mol. The highest BCUT2D eigenvalue weighted by Crippen LogP contribution is 2.42. The van der Waals surface area contributed by atoms with Crippen molar-refractivity contribution in [3.05, 3.63) is 35.0 Å². The van der Waals surface area contributed by atoms with Crippen LogP contribution < -0.4 is 5.32 Å². The van der Waals surface area contributed by atoms with Crippen LogP contribution in [-0.2, 0) is 9.53 Å². The summed E-state index contributed by atoms with van der Waals surface area (Å²) in [6, 6.07) is 7.72. The summed E-state index contributed by atoms with van der Waals surface area (Å²) in [5.74, 6) is 1.51. The van der Waals surface area contributed by atoms with Crippen LogP contribution in [0.2, 0.25) is 5.02 Å². The highest BCUT2D eigenvalue weighted by Gasteiger charge is 2.53. The van der Waals surface area contributed by atoms with Gasteiger partial charge in [-0.1, -0.05) is 11.6 Å². The highest BCUT2D eigenvalue weighted by atomic mass is 35.5. The summed E-state index contributed by atoms with van der Waals surface area (Å²) >= 11 is 6.05. The van der Waals surface area contributed by atoms with Gasteiger partial charge in [0.1, 0.15) is 18.0 Å². The SMILES string of the molecule is O=C1N[C@]2(CO1)C[C@H](C(=O)N1CCC(c3cc4cc(Cl)ccc4o3)CC1)C2. The third-order valence-corrected chi connectivity index (χ3v) is 6.41. The van der Waals surface area contributed by atoms with E-state index in [1.54, 1.807) is 0 Å². The number of carbonyl (C=O) groups excluding carboxylic acids is 2. The lowest BCUT2D eigenvalue weighted by Crippen LogP contribution is -2.58. The number of carbonyl (C=O) groups is 2. The van der Waals surface area contributed by atoms with Crippen molar-refractivity contribution in [1.29, 1.82) is 0 Å². The van der Waals surface area contributed by atoms with Crippen LogP contribution in [0.5, 0.6) is 0 Å². The van der Waals surface area contributed by atoms with Gasteiger partial charge >= 0.3 is 6.09 Å². The van der Waals surface area contributed by atoms with Gasteiger partial charge in [0.15, 0.2) is 0 Å². The molecule has 2 aliphatic heterocycles. The number of nitrogens with one attached hydrogen (secondary N) is 1. The van der Waals surface area contributed by atoms with E-state index in [-0.39, 0.29) is 23.5 Å². The van der Waals surface area contributed by atoms with Crippen LogP contribution in [0.3, 0.4) is 0 Å². The minimum absolute atomic E-state index is 0.00288. The topological polar surface area (TPSA) is 71.8 Å². The minimum atomic E-state index is -0.367. The Bertz CT molecular complexity index is 910. The second-order valence-corrected chi connectivity index (χ2v) is 8.45. The molecule has 1 saturated carbocycles. The number of alkyl carbamates (subject to hydrolysis) is 1. The summed E-state index contributed by atoms with van der Waals surface area (Å²) in [5.41, 5.74) is 0.555. The number of piperidine rings is 1. The summed E-state index contributed by atoms with van der Waals surface area (Å²) in [4.78, 5) is 26.0. The molecule has 3 fully saturated rings. The molecule has 1 aromatic heterocycles. The number of halogens is 1. The zero-order valence-corrected chi connectivity index (χ0v) is 15.6. The van der Waals surface area contributed by atoms with E-state index in [2.05, 4.69) is 11.4 Å². The smallest absolute Gasteiger partial charge is 0.407 e. The summed E-state index contributed by atoms with van der Waals surface area (Å²) in [6.07, 6.45) is 2.80. The van der Waals surface area contributed by atoms with Gasteiger partial charge in [-0.2, -0.15) is 0 Å². The average molecular weight is 389 g/mol.